The highest BCUT2D eigenvalue weighted by Gasteiger charge is 2.20. The van der Waals surface area contributed by atoms with Gasteiger partial charge in [0.05, 0.1) is 0 Å². The number of rotatable bonds is 11. The average molecular weight is 1260 g/mol. The van der Waals surface area contributed by atoms with E-state index >= 15 is 0 Å². The van der Waals surface area contributed by atoms with E-state index in [0.717, 1.165) is 12.8 Å². The average Bonchev–Trinajstić information content (AvgIpc) is 0.896. The van der Waals surface area contributed by atoms with E-state index in [0.29, 0.717) is 17.8 Å². The number of benzene rings is 5. The van der Waals surface area contributed by atoms with Gasteiger partial charge in [0.1, 0.15) is 35.2 Å². The van der Waals surface area contributed by atoms with E-state index in [1.54, 1.807) is 0 Å². The van der Waals surface area contributed by atoms with E-state index in [4.69, 9.17) is 0 Å². The maximum atomic E-state index is 2.35. The maximum Gasteiger partial charge on any atom is 0.212 e. The zero-order chi connectivity index (χ0) is 69.7. The van der Waals surface area contributed by atoms with E-state index in [2.05, 4.69) is 370 Å². The minimum atomic E-state index is 0.584. The standard InChI is InChI=1S/2C19H26N.C18H24N.C17H22N.C16H20N/c1-13(2)9-17-7-8-18(15(4)10-17)19-11-14(3)16(5)12-20(19)6;1-7-13(2)17-8-9-18(15(4)10-17)19-11-14(3)16(5)12-20(19)6;1-12(2)16-7-8-17(14(4)9-16)18-10-13(3)15(5)11-19(18)6;1-6-15-7-8-16(13(3)9-15)17-10-12(2)14(4)11-18(17)5;1-11-6-7-15(13(3)8-11)16-9-12(2)14(4)10-17(16)5/h7-8,10-13H,9H2,1-6H3;8-13H,7H2,1-6H3;7-12H,1-6H3;7-11H,6H2,1-5H3;6-10H,1-5H3/q5*+1. The third-order valence-electron chi connectivity index (χ3n) is 19.5. The van der Waals surface area contributed by atoms with Crippen LogP contribution in [0.4, 0.5) is 0 Å². The van der Waals surface area contributed by atoms with Crippen LogP contribution in [0.5, 0.6) is 0 Å². The molecule has 1 unspecified atom stereocenters. The molecule has 0 saturated heterocycles. The van der Waals surface area contributed by atoms with Crippen molar-refractivity contribution < 1.29 is 22.8 Å². The summed E-state index contributed by atoms with van der Waals surface area (Å²) in [6.07, 6.45) is 14.5. The summed E-state index contributed by atoms with van der Waals surface area (Å²) >= 11 is 0. The van der Waals surface area contributed by atoms with E-state index in [9.17, 15) is 0 Å². The minimum absolute atomic E-state index is 0.584. The third kappa shape index (κ3) is 19.3. The highest BCUT2D eigenvalue weighted by Crippen LogP contribution is 2.30. The number of pyridine rings is 5. The van der Waals surface area contributed by atoms with Gasteiger partial charge in [-0.1, -0.05) is 115 Å². The van der Waals surface area contributed by atoms with Crippen molar-refractivity contribution in [2.75, 3.05) is 0 Å². The summed E-state index contributed by atoms with van der Waals surface area (Å²) in [5, 5.41) is 0. The summed E-state index contributed by atoms with van der Waals surface area (Å²) in [6.45, 7) is 50.6. The molecule has 0 N–H and O–H groups in total. The Labute approximate surface area is 571 Å². The molecule has 0 saturated carbocycles. The maximum absolute atomic E-state index is 2.35. The predicted octanol–water partition coefficient (Wildman–Crippen LogP) is 20.2. The first-order valence-electron chi connectivity index (χ1n) is 34.6. The number of nitrogens with zero attached hydrogens (tertiary/aromatic N) is 5. The van der Waals surface area contributed by atoms with Crippen molar-refractivity contribution in [3.8, 4) is 56.3 Å². The van der Waals surface area contributed by atoms with E-state index in [1.807, 2.05) is 0 Å². The largest absolute Gasteiger partial charge is 0.212 e. The first-order valence-corrected chi connectivity index (χ1v) is 34.6. The van der Waals surface area contributed by atoms with Gasteiger partial charge in [0.15, 0.2) is 31.0 Å². The Hall–Kier alpha value is -8.15. The highest BCUT2D eigenvalue weighted by molar-refractivity contribution is 5.66. The fourth-order valence-electron chi connectivity index (χ4n) is 12.5. The molecule has 5 heteroatoms. The molecule has 5 aromatic carbocycles. The number of hydrogen-bond donors (Lipinski definition) is 0. The Morgan fingerprint density at radius 3 is 0.840 bits per heavy atom. The monoisotopic (exact) mass is 1260 g/mol. The molecular formula is C89H118N5+5. The zero-order valence-electron chi connectivity index (χ0n) is 63.5. The lowest BCUT2D eigenvalue weighted by Gasteiger charge is -2.12. The van der Waals surface area contributed by atoms with Crippen LogP contribution >= 0.6 is 0 Å². The van der Waals surface area contributed by atoms with Gasteiger partial charge in [-0.3, -0.25) is 0 Å². The van der Waals surface area contributed by atoms with Gasteiger partial charge in [0, 0.05) is 86.0 Å². The fourth-order valence-corrected chi connectivity index (χ4v) is 12.5. The molecule has 94 heavy (non-hydrogen) atoms. The molecule has 0 aliphatic heterocycles. The minimum Gasteiger partial charge on any atom is -0.201 e. The summed E-state index contributed by atoms with van der Waals surface area (Å²) in [5.74, 6) is 1.93. The van der Waals surface area contributed by atoms with Crippen LogP contribution in [0.3, 0.4) is 0 Å². The molecule has 0 amide bonds. The summed E-state index contributed by atoms with van der Waals surface area (Å²) in [6, 6.07) is 45.5. The van der Waals surface area contributed by atoms with Gasteiger partial charge < -0.3 is 0 Å². The second-order valence-corrected chi connectivity index (χ2v) is 28.4. The summed E-state index contributed by atoms with van der Waals surface area (Å²) < 4.78 is 11.1. The van der Waals surface area contributed by atoms with E-state index in [-0.39, 0.29) is 0 Å². The van der Waals surface area contributed by atoms with Crippen LogP contribution in [-0.4, -0.2) is 0 Å². The molecule has 0 bridgehead atoms. The molecule has 5 heterocycles. The SMILES string of the molecule is CCC(C)c1ccc(-c2cc(C)c(C)c[n+]2C)c(C)c1.CCc1ccc(-c2cc(C)c(C)c[n+]2C)c(C)c1.Cc1cc(-c2ccc(C(C)C)cc2C)[n+](C)cc1C.Cc1cc(-c2ccc(CC(C)C)cc2C)[n+](C)cc1C.Cc1ccc(-c2cc(C)c(C)c[n+]2C)c(C)c1. The molecule has 10 aromatic rings. The van der Waals surface area contributed by atoms with Crippen molar-refractivity contribution >= 4 is 0 Å². The summed E-state index contributed by atoms with van der Waals surface area (Å²) in [7, 11) is 10.6. The third-order valence-corrected chi connectivity index (χ3v) is 19.5. The van der Waals surface area contributed by atoms with Crippen LogP contribution < -0.4 is 22.8 Å². The molecule has 5 aromatic heterocycles. The van der Waals surface area contributed by atoms with Crippen molar-refractivity contribution in [1.82, 2.24) is 0 Å². The quantitative estimate of drug-likeness (QED) is 0.115. The number of aryl methyl sites for hydroxylation is 22. The lowest BCUT2D eigenvalue weighted by Crippen LogP contribution is -2.31. The molecule has 10 rings (SSSR count). The second-order valence-electron chi connectivity index (χ2n) is 28.4. The van der Waals surface area contributed by atoms with Gasteiger partial charge in [-0.2, -0.15) is 0 Å². The smallest absolute Gasteiger partial charge is 0.201 e. The Balaban J connectivity index is 0.000000186. The van der Waals surface area contributed by atoms with E-state index in [1.165, 1.54) is 174 Å². The summed E-state index contributed by atoms with van der Waals surface area (Å²) in [4.78, 5) is 0. The molecule has 0 spiro atoms. The second kappa shape index (κ2) is 33.3. The Morgan fingerprint density at radius 1 is 0.277 bits per heavy atom. The Bertz CT molecular complexity index is 4280. The fraction of sp³-hybridized carbons (Fsp3) is 0.382. The van der Waals surface area contributed by atoms with Gasteiger partial charge in [-0.05, 0) is 256 Å². The molecular weight excluding hydrogens is 1140 g/mol. The molecule has 5 nitrogen and oxygen atoms in total. The van der Waals surface area contributed by atoms with Crippen molar-refractivity contribution in [1.29, 1.82) is 0 Å². The van der Waals surface area contributed by atoms with Crippen LogP contribution in [-0.2, 0) is 48.1 Å². The number of aromatic nitrogens is 5. The van der Waals surface area contributed by atoms with Gasteiger partial charge in [0.25, 0.3) is 0 Å². The van der Waals surface area contributed by atoms with E-state index < -0.39 is 0 Å². The van der Waals surface area contributed by atoms with Crippen molar-refractivity contribution in [2.24, 2.45) is 41.2 Å². The van der Waals surface area contributed by atoms with Crippen LogP contribution in [0, 0.1) is 117 Å². The van der Waals surface area contributed by atoms with Gasteiger partial charge in [-0.25, -0.2) is 22.8 Å². The highest BCUT2D eigenvalue weighted by atomic mass is 14.9. The van der Waals surface area contributed by atoms with Crippen molar-refractivity contribution in [2.45, 2.75) is 190 Å². The molecule has 1 atom stereocenters. The normalized spacial score (nSPS) is 11.3. The van der Waals surface area contributed by atoms with Crippen LogP contribution in [0.1, 0.15) is 178 Å². The summed E-state index contributed by atoms with van der Waals surface area (Å²) in [5.41, 5.74) is 40.3. The van der Waals surface area contributed by atoms with Crippen LogP contribution in [0.25, 0.3) is 56.3 Å². The zero-order valence-corrected chi connectivity index (χ0v) is 63.5. The van der Waals surface area contributed by atoms with Crippen molar-refractivity contribution in [3.63, 3.8) is 0 Å². The van der Waals surface area contributed by atoms with Gasteiger partial charge in [0.2, 0.25) is 28.5 Å². The van der Waals surface area contributed by atoms with Gasteiger partial charge in [-0.15, -0.1) is 0 Å². The Kier molecular flexibility index (Phi) is 26.5. The number of hydrogen-bond acceptors (Lipinski definition) is 0. The molecule has 0 radical (unpaired) electrons. The van der Waals surface area contributed by atoms with Crippen molar-refractivity contribution in [3.05, 3.63) is 264 Å². The topological polar surface area (TPSA) is 19.4 Å². The molecule has 494 valence electrons. The predicted molar refractivity (Wildman–Crippen MR) is 402 cm³/mol. The molecule has 0 aliphatic carbocycles. The van der Waals surface area contributed by atoms with Crippen LogP contribution in [0.15, 0.2) is 152 Å². The van der Waals surface area contributed by atoms with Crippen LogP contribution in [0.2, 0.25) is 0 Å². The first-order chi connectivity index (χ1) is 44.2. The molecule has 0 aliphatic rings. The lowest BCUT2D eigenvalue weighted by atomic mass is 9.93. The lowest BCUT2D eigenvalue weighted by molar-refractivity contribution is -0.660. The Morgan fingerprint density at radius 2 is 0.553 bits per heavy atom. The molecule has 0 fully saturated rings. The first kappa shape index (κ1) is 74.9. The van der Waals surface area contributed by atoms with Gasteiger partial charge >= 0.3 is 0 Å².